The van der Waals surface area contributed by atoms with Gasteiger partial charge in [0.1, 0.15) is 5.82 Å². The van der Waals surface area contributed by atoms with Crippen molar-refractivity contribution in [3.8, 4) is 17.2 Å². The minimum Gasteiger partial charge on any atom is -0.453 e. The molecule has 0 atom stereocenters. The fourth-order valence-electron chi connectivity index (χ4n) is 4.98. The van der Waals surface area contributed by atoms with Crippen LogP contribution in [0.1, 0.15) is 0 Å². The van der Waals surface area contributed by atoms with Crippen molar-refractivity contribution in [3.63, 3.8) is 0 Å². The molecule has 1 aromatic heterocycles. The van der Waals surface area contributed by atoms with Crippen molar-refractivity contribution in [1.29, 1.82) is 0 Å². The van der Waals surface area contributed by atoms with E-state index < -0.39 is 0 Å². The largest absolute Gasteiger partial charge is 0.453 e. The summed E-state index contributed by atoms with van der Waals surface area (Å²) in [6.45, 7) is 0. The van der Waals surface area contributed by atoms with E-state index in [9.17, 15) is 4.39 Å². The second-order valence-electron chi connectivity index (χ2n) is 8.41. The molecule has 0 N–H and O–H groups in total. The van der Waals surface area contributed by atoms with Gasteiger partial charge in [-0.05, 0) is 60.7 Å². The van der Waals surface area contributed by atoms with Gasteiger partial charge in [0, 0.05) is 27.8 Å². The highest BCUT2D eigenvalue weighted by atomic mass is 19.1. The number of para-hydroxylation sites is 3. The van der Waals surface area contributed by atoms with Crippen LogP contribution in [0.2, 0.25) is 0 Å². The van der Waals surface area contributed by atoms with Crippen molar-refractivity contribution in [2.24, 2.45) is 0 Å². The van der Waals surface area contributed by atoms with Gasteiger partial charge in [-0.25, -0.2) is 4.39 Å². The topological polar surface area (TPSA) is 17.4 Å². The van der Waals surface area contributed by atoms with Crippen molar-refractivity contribution in [1.82, 2.24) is 4.57 Å². The van der Waals surface area contributed by atoms with Crippen molar-refractivity contribution in [2.75, 3.05) is 4.90 Å². The third-order valence-electron chi connectivity index (χ3n) is 6.40. The lowest BCUT2D eigenvalue weighted by molar-refractivity contribution is 0.476. The molecule has 0 fully saturated rings. The van der Waals surface area contributed by atoms with Crippen molar-refractivity contribution >= 4 is 38.9 Å². The number of hydrogen-bond donors (Lipinski definition) is 0. The van der Waals surface area contributed by atoms with Crippen LogP contribution in [0.15, 0.2) is 115 Å². The highest BCUT2D eigenvalue weighted by Crippen LogP contribution is 2.47. The highest BCUT2D eigenvalue weighted by Gasteiger charge is 2.25. The van der Waals surface area contributed by atoms with Gasteiger partial charge in [-0.2, -0.15) is 0 Å². The van der Waals surface area contributed by atoms with E-state index in [1.54, 1.807) is 12.1 Å². The maximum absolute atomic E-state index is 14.2. The zero-order valence-electron chi connectivity index (χ0n) is 18.2. The molecule has 0 saturated carbocycles. The standard InChI is InChI=1S/C30H19FN2O/c31-20-8-6-11-22(18-20)32(21-9-2-1-3-10-21)23-16-17-28-27(19-23)33-26-14-5-4-12-24(26)25-13-7-15-29(34-28)30(25)33/h1-19H. The van der Waals surface area contributed by atoms with Crippen LogP contribution in [0.3, 0.4) is 0 Å². The first kappa shape index (κ1) is 18.9. The van der Waals surface area contributed by atoms with Crippen molar-refractivity contribution < 1.29 is 9.13 Å². The van der Waals surface area contributed by atoms with E-state index in [0.29, 0.717) is 0 Å². The molecule has 1 aliphatic heterocycles. The lowest BCUT2D eigenvalue weighted by atomic mass is 10.1. The summed E-state index contributed by atoms with van der Waals surface area (Å²) in [5.74, 6) is 1.36. The Hall–Kier alpha value is -4.57. The Bertz CT molecular complexity index is 1700. The first-order valence-electron chi connectivity index (χ1n) is 11.2. The molecule has 5 aromatic carbocycles. The van der Waals surface area contributed by atoms with Crippen LogP contribution in [0.25, 0.3) is 27.5 Å². The van der Waals surface area contributed by atoms with Gasteiger partial charge >= 0.3 is 0 Å². The maximum atomic E-state index is 14.2. The molecule has 0 radical (unpaired) electrons. The van der Waals surface area contributed by atoms with E-state index in [0.717, 1.165) is 50.7 Å². The first-order valence-corrected chi connectivity index (χ1v) is 11.2. The fraction of sp³-hybridized carbons (Fsp3) is 0. The monoisotopic (exact) mass is 442 g/mol. The molecule has 7 rings (SSSR count). The van der Waals surface area contributed by atoms with Gasteiger partial charge in [0.25, 0.3) is 0 Å². The molecule has 6 aromatic rings. The molecule has 0 aliphatic carbocycles. The first-order chi connectivity index (χ1) is 16.8. The summed E-state index contributed by atoms with van der Waals surface area (Å²) in [6, 6.07) is 37.4. The average molecular weight is 442 g/mol. The lowest BCUT2D eigenvalue weighted by Gasteiger charge is -2.28. The maximum Gasteiger partial charge on any atom is 0.152 e. The average Bonchev–Trinajstić information content (AvgIpc) is 3.22. The van der Waals surface area contributed by atoms with Gasteiger partial charge in [0.2, 0.25) is 0 Å². The van der Waals surface area contributed by atoms with Crippen molar-refractivity contribution in [3.05, 3.63) is 121 Å². The number of aromatic nitrogens is 1. The number of fused-ring (bicyclic) bond motifs is 5. The molecule has 0 saturated heterocycles. The quantitative estimate of drug-likeness (QED) is 0.273. The fourth-order valence-corrected chi connectivity index (χ4v) is 4.98. The van der Waals surface area contributed by atoms with Gasteiger partial charge in [0.15, 0.2) is 11.5 Å². The van der Waals surface area contributed by atoms with E-state index in [2.05, 4.69) is 45.9 Å². The van der Waals surface area contributed by atoms with Gasteiger partial charge in [-0.3, -0.25) is 0 Å². The van der Waals surface area contributed by atoms with Crippen LogP contribution in [-0.4, -0.2) is 4.57 Å². The molecule has 0 unspecified atom stereocenters. The molecular formula is C30H19FN2O. The Morgan fingerprint density at radius 1 is 0.588 bits per heavy atom. The van der Waals surface area contributed by atoms with E-state index in [1.807, 2.05) is 60.7 Å². The smallest absolute Gasteiger partial charge is 0.152 e. The Balaban J connectivity index is 1.51. The Kier molecular flexibility index (Phi) is 4.02. The molecule has 4 heteroatoms. The predicted octanol–water partition coefficient (Wildman–Crippen LogP) is 8.50. The summed E-state index contributed by atoms with van der Waals surface area (Å²) in [4.78, 5) is 2.06. The zero-order chi connectivity index (χ0) is 22.6. The molecule has 0 bridgehead atoms. The highest BCUT2D eigenvalue weighted by molar-refractivity contribution is 6.12. The van der Waals surface area contributed by atoms with Crippen LogP contribution in [0, 0.1) is 5.82 Å². The van der Waals surface area contributed by atoms with E-state index in [4.69, 9.17) is 4.74 Å². The third kappa shape index (κ3) is 2.75. The number of rotatable bonds is 3. The molecule has 162 valence electrons. The second kappa shape index (κ2) is 7.22. The van der Waals surface area contributed by atoms with Gasteiger partial charge in [-0.15, -0.1) is 0 Å². The van der Waals surface area contributed by atoms with Crippen LogP contribution in [-0.2, 0) is 0 Å². The Morgan fingerprint density at radius 2 is 1.32 bits per heavy atom. The Labute approximate surface area is 195 Å². The number of benzene rings is 5. The number of anilines is 3. The summed E-state index contributed by atoms with van der Waals surface area (Å²) < 4.78 is 22.9. The summed E-state index contributed by atoms with van der Waals surface area (Å²) >= 11 is 0. The SMILES string of the molecule is Fc1cccc(N(c2ccccc2)c2ccc3c(c2)-n2c4ccccc4c4cccc(c42)O3)c1. The van der Waals surface area contributed by atoms with Crippen LogP contribution < -0.4 is 9.64 Å². The van der Waals surface area contributed by atoms with Crippen molar-refractivity contribution in [2.45, 2.75) is 0 Å². The minimum atomic E-state index is -0.272. The lowest BCUT2D eigenvalue weighted by Crippen LogP contribution is -2.12. The molecule has 1 aliphatic rings. The molecular weight excluding hydrogens is 423 g/mol. The van der Waals surface area contributed by atoms with Gasteiger partial charge < -0.3 is 14.2 Å². The Morgan fingerprint density at radius 3 is 2.21 bits per heavy atom. The molecule has 0 spiro atoms. The number of nitrogens with zero attached hydrogens (tertiary/aromatic N) is 2. The molecule has 2 heterocycles. The minimum absolute atomic E-state index is 0.272. The second-order valence-corrected chi connectivity index (χ2v) is 8.41. The summed E-state index contributed by atoms with van der Waals surface area (Å²) in [6.07, 6.45) is 0. The number of halogens is 1. The van der Waals surface area contributed by atoms with E-state index >= 15 is 0 Å². The number of ether oxygens (including phenoxy) is 1. The summed E-state index contributed by atoms with van der Waals surface area (Å²) in [5, 5.41) is 2.35. The van der Waals surface area contributed by atoms with E-state index in [-0.39, 0.29) is 5.82 Å². The summed E-state index contributed by atoms with van der Waals surface area (Å²) in [7, 11) is 0. The molecule has 34 heavy (non-hydrogen) atoms. The van der Waals surface area contributed by atoms with E-state index in [1.165, 1.54) is 11.5 Å². The van der Waals surface area contributed by atoms with Crippen LogP contribution in [0.4, 0.5) is 21.5 Å². The van der Waals surface area contributed by atoms with Gasteiger partial charge in [-0.1, -0.05) is 54.6 Å². The summed E-state index contributed by atoms with van der Waals surface area (Å²) in [5.41, 5.74) is 5.77. The zero-order valence-corrected chi connectivity index (χ0v) is 18.2. The normalized spacial score (nSPS) is 11.9. The molecule has 0 amide bonds. The third-order valence-corrected chi connectivity index (χ3v) is 6.40. The van der Waals surface area contributed by atoms with Crippen LogP contribution >= 0.6 is 0 Å². The predicted molar refractivity (Wildman–Crippen MR) is 135 cm³/mol. The van der Waals surface area contributed by atoms with Crippen LogP contribution in [0.5, 0.6) is 11.5 Å². The van der Waals surface area contributed by atoms with Gasteiger partial charge in [0.05, 0.1) is 16.7 Å². The molecule has 3 nitrogen and oxygen atoms in total. The number of hydrogen-bond acceptors (Lipinski definition) is 2.